The number of anilines is 1. The van der Waals surface area contributed by atoms with E-state index >= 15 is 0 Å². The Kier molecular flexibility index (Phi) is 5.64. The van der Waals surface area contributed by atoms with Crippen LogP contribution in [0.2, 0.25) is 5.02 Å². The van der Waals surface area contributed by atoms with Crippen LogP contribution in [0.4, 0.5) is 5.69 Å². The second-order valence-electron chi connectivity index (χ2n) is 6.29. The number of carbonyl (C=O) groups is 1. The Hall–Kier alpha value is -2.30. The zero-order valence-electron chi connectivity index (χ0n) is 14.9. The van der Waals surface area contributed by atoms with Crippen LogP contribution in [0.15, 0.2) is 47.8 Å². The molecule has 3 aromatic rings. The average molecular weight is 386 g/mol. The van der Waals surface area contributed by atoms with Gasteiger partial charge in [-0.15, -0.1) is 11.3 Å². The van der Waals surface area contributed by atoms with Crippen molar-refractivity contribution in [2.24, 2.45) is 0 Å². The lowest BCUT2D eigenvalue weighted by Gasteiger charge is -2.08. The van der Waals surface area contributed by atoms with E-state index in [9.17, 15) is 4.79 Å². The Labute approximate surface area is 162 Å². The van der Waals surface area contributed by atoms with Crippen LogP contribution in [0.1, 0.15) is 31.9 Å². The van der Waals surface area contributed by atoms with Crippen LogP contribution in [0.3, 0.4) is 0 Å². The molecule has 0 bridgehead atoms. The van der Waals surface area contributed by atoms with Crippen LogP contribution in [-0.2, 0) is 6.61 Å². The fraction of sp³-hybridized carbons (Fsp3) is 0.190. The number of rotatable bonds is 5. The van der Waals surface area contributed by atoms with Crippen molar-refractivity contribution in [3.63, 3.8) is 0 Å². The van der Waals surface area contributed by atoms with Crippen LogP contribution in [0.25, 0.3) is 0 Å². The normalized spacial score (nSPS) is 10.6. The topological polar surface area (TPSA) is 38.3 Å². The molecule has 5 heteroatoms. The van der Waals surface area contributed by atoms with Gasteiger partial charge in [-0.1, -0.05) is 29.3 Å². The van der Waals surface area contributed by atoms with E-state index in [1.165, 1.54) is 16.9 Å². The Morgan fingerprint density at radius 3 is 2.62 bits per heavy atom. The fourth-order valence-corrected chi connectivity index (χ4v) is 3.66. The Morgan fingerprint density at radius 2 is 1.88 bits per heavy atom. The maximum Gasteiger partial charge on any atom is 0.265 e. The third-order valence-corrected chi connectivity index (χ3v) is 5.25. The van der Waals surface area contributed by atoms with Crippen molar-refractivity contribution in [3.05, 3.63) is 80.0 Å². The number of benzene rings is 2. The molecule has 1 aromatic heterocycles. The SMILES string of the molecule is Cc1ccc(NC(=O)c2cc(COc3ccc(Cl)cc3C)cs2)c(C)c1. The minimum Gasteiger partial charge on any atom is -0.489 e. The van der Waals surface area contributed by atoms with E-state index in [1.807, 2.05) is 56.5 Å². The van der Waals surface area contributed by atoms with Gasteiger partial charge in [0.25, 0.3) is 5.91 Å². The van der Waals surface area contributed by atoms with E-state index in [4.69, 9.17) is 16.3 Å². The molecule has 0 aliphatic heterocycles. The van der Waals surface area contributed by atoms with Gasteiger partial charge in [-0.05, 0) is 67.6 Å². The third-order valence-electron chi connectivity index (χ3n) is 4.04. The maximum atomic E-state index is 12.5. The number of aryl methyl sites for hydroxylation is 3. The number of hydrogen-bond acceptors (Lipinski definition) is 3. The van der Waals surface area contributed by atoms with Gasteiger partial charge in [0.1, 0.15) is 12.4 Å². The van der Waals surface area contributed by atoms with E-state index in [0.717, 1.165) is 28.1 Å². The number of amides is 1. The average Bonchev–Trinajstić information content (AvgIpc) is 3.06. The fourth-order valence-electron chi connectivity index (χ4n) is 2.64. The van der Waals surface area contributed by atoms with E-state index in [1.54, 1.807) is 6.07 Å². The smallest absolute Gasteiger partial charge is 0.265 e. The molecule has 26 heavy (non-hydrogen) atoms. The molecule has 0 saturated carbocycles. The minimum atomic E-state index is -0.101. The molecule has 0 unspecified atom stereocenters. The molecule has 2 aromatic carbocycles. The highest BCUT2D eigenvalue weighted by molar-refractivity contribution is 7.12. The molecule has 0 atom stereocenters. The molecule has 3 nitrogen and oxygen atoms in total. The Bertz CT molecular complexity index is 949. The van der Waals surface area contributed by atoms with Crippen LogP contribution in [0, 0.1) is 20.8 Å². The predicted octanol–water partition coefficient (Wildman–Crippen LogP) is 6.16. The van der Waals surface area contributed by atoms with E-state index in [2.05, 4.69) is 11.4 Å². The van der Waals surface area contributed by atoms with Crippen LogP contribution < -0.4 is 10.1 Å². The highest BCUT2D eigenvalue weighted by Crippen LogP contribution is 2.24. The molecule has 0 aliphatic carbocycles. The summed E-state index contributed by atoms with van der Waals surface area (Å²) in [6, 6.07) is 13.4. The van der Waals surface area contributed by atoms with E-state index in [0.29, 0.717) is 16.5 Å². The summed E-state index contributed by atoms with van der Waals surface area (Å²) >= 11 is 7.37. The third kappa shape index (κ3) is 4.45. The van der Waals surface area contributed by atoms with Gasteiger partial charge in [-0.25, -0.2) is 0 Å². The molecular formula is C21H20ClNO2S. The molecule has 3 rings (SSSR count). The number of ether oxygens (including phenoxy) is 1. The van der Waals surface area contributed by atoms with Crippen molar-refractivity contribution in [1.82, 2.24) is 0 Å². The summed E-state index contributed by atoms with van der Waals surface area (Å²) in [5.74, 6) is 0.692. The lowest BCUT2D eigenvalue weighted by atomic mass is 10.1. The summed E-state index contributed by atoms with van der Waals surface area (Å²) in [6.07, 6.45) is 0. The first-order chi connectivity index (χ1) is 12.4. The summed E-state index contributed by atoms with van der Waals surface area (Å²) < 4.78 is 5.84. The highest BCUT2D eigenvalue weighted by Gasteiger charge is 2.11. The first-order valence-electron chi connectivity index (χ1n) is 8.27. The summed E-state index contributed by atoms with van der Waals surface area (Å²) in [4.78, 5) is 13.1. The highest BCUT2D eigenvalue weighted by atomic mass is 35.5. The number of carbonyl (C=O) groups excluding carboxylic acids is 1. The zero-order valence-corrected chi connectivity index (χ0v) is 16.5. The molecule has 0 radical (unpaired) electrons. The maximum absolute atomic E-state index is 12.5. The van der Waals surface area contributed by atoms with Crippen LogP contribution in [-0.4, -0.2) is 5.91 Å². The first-order valence-corrected chi connectivity index (χ1v) is 9.53. The first kappa shape index (κ1) is 18.5. The van der Waals surface area contributed by atoms with Crippen molar-refractivity contribution in [1.29, 1.82) is 0 Å². The zero-order chi connectivity index (χ0) is 18.7. The molecule has 1 N–H and O–H groups in total. The van der Waals surface area contributed by atoms with Gasteiger partial charge in [0.05, 0.1) is 4.88 Å². The van der Waals surface area contributed by atoms with Crippen molar-refractivity contribution >= 4 is 34.5 Å². The standard InChI is InChI=1S/C21H20ClNO2S/c1-13-4-6-18(14(2)8-13)23-21(24)20-10-16(12-26-20)11-25-19-7-5-17(22)9-15(19)3/h4-10,12H,11H2,1-3H3,(H,23,24). The van der Waals surface area contributed by atoms with Gasteiger partial charge >= 0.3 is 0 Å². The van der Waals surface area contributed by atoms with Gasteiger partial charge in [-0.3, -0.25) is 4.79 Å². The van der Waals surface area contributed by atoms with Crippen molar-refractivity contribution in [3.8, 4) is 5.75 Å². The van der Waals surface area contributed by atoms with Gasteiger partial charge < -0.3 is 10.1 Å². The van der Waals surface area contributed by atoms with E-state index in [-0.39, 0.29) is 5.91 Å². The second kappa shape index (κ2) is 7.94. The number of hydrogen-bond donors (Lipinski definition) is 1. The minimum absolute atomic E-state index is 0.101. The van der Waals surface area contributed by atoms with E-state index < -0.39 is 0 Å². The van der Waals surface area contributed by atoms with Gasteiger partial charge in [0.2, 0.25) is 0 Å². The molecule has 1 amide bonds. The largest absolute Gasteiger partial charge is 0.489 e. The second-order valence-corrected chi connectivity index (χ2v) is 7.64. The van der Waals surface area contributed by atoms with Gasteiger partial charge in [0, 0.05) is 16.3 Å². The molecule has 0 saturated heterocycles. The Balaban J connectivity index is 1.64. The number of nitrogens with one attached hydrogen (secondary N) is 1. The lowest BCUT2D eigenvalue weighted by molar-refractivity contribution is 0.103. The molecule has 0 fully saturated rings. The Morgan fingerprint density at radius 1 is 1.08 bits per heavy atom. The molecule has 134 valence electrons. The summed E-state index contributed by atoms with van der Waals surface area (Å²) in [5.41, 5.74) is 5.02. The number of halogens is 1. The summed E-state index contributed by atoms with van der Waals surface area (Å²) in [7, 11) is 0. The quantitative estimate of drug-likeness (QED) is 0.571. The van der Waals surface area contributed by atoms with Crippen molar-refractivity contribution in [2.45, 2.75) is 27.4 Å². The number of thiophene rings is 1. The predicted molar refractivity (Wildman–Crippen MR) is 109 cm³/mol. The van der Waals surface area contributed by atoms with Gasteiger partial charge in [-0.2, -0.15) is 0 Å². The van der Waals surface area contributed by atoms with Crippen LogP contribution in [0.5, 0.6) is 5.75 Å². The van der Waals surface area contributed by atoms with Crippen LogP contribution >= 0.6 is 22.9 Å². The molecular weight excluding hydrogens is 366 g/mol. The summed E-state index contributed by atoms with van der Waals surface area (Å²) in [5, 5.41) is 5.61. The molecule has 0 aliphatic rings. The van der Waals surface area contributed by atoms with Gasteiger partial charge in [0.15, 0.2) is 0 Å². The molecule has 1 heterocycles. The van der Waals surface area contributed by atoms with Crippen molar-refractivity contribution in [2.75, 3.05) is 5.32 Å². The molecule has 0 spiro atoms. The summed E-state index contributed by atoms with van der Waals surface area (Å²) in [6.45, 7) is 6.39. The lowest BCUT2D eigenvalue weighted by Crippen LogP contribution is -2.11. The monoisotopic (exact) mass is 385 g/mol. The van der Waals surface area contributed by atoms with Crippen molar-refractivity contribution < 1.29 is 9.53 Å².